The molecule has 0 aliphatic heterocycles. The Kier molecular flexibility index (Phi) is 5.60. The summed E-state index contributed by atoms with van der Waals surface area (Å²) in [6.45, 7) is 0. The van der Waals surface area contributed by atoms with E-state index in [2.05, 4.69) is 28.2 Å². The van der Waals surface area contributed by atoms with Gasteiger partial charge in [0.25, 0.3) is 0 Å². The van der Waals surface area contributed by atoms with Gasteiger partial charge >= 0.3 is 0 Å². The topological polar surface area (TPSA) is 40.1 Å². The molecule has 80 valence electrons. The van der Waals surface area contributed by atoms with Crippen molar-refractivity contribution in [3.63, 3.8) is 0 Å². The van der Waals surface area contributed by atoms with Crippen LogP contribution in [0.3, 0.4) is 0 Å². The first-order valence-corrected chi connectivity index (χ1v) is 5.31. The minimum atomic E-state index is -2.08. The number of hydrogen-bond donors (Lipinski definition) is 0. The zero-order valence-electron chi connectivity index (χ0n) is 9.06. The van der Waals surface area contributed by atoms with Gasteiger partial charge in [-0.25, -0.2) is 0 Å². The van der Waals surface area contributed by atoms with Crippen molar-refractivity contribution in [2.24, 2.45) is 0 Å². The largest absolute Gasteiger partial charge is 0.768 e. The average Bonchev–Trinajstić information content (AvgIpc) is 2.03. The molecular formula is C10H17NO2S. The van der Waals surface area contributed by atoms with Crippen LogP contribution in [0.2, 0.25) is 0 Å². The fourth-order valence-electron chi connectivity index (χ4n) is 0.532. The molecule has 3 nitrogen and oxygen atoms in total. The highest BCUT2D eigenvalue weighted by Crippen LogP contribution is 2.00. The number of benzene rings is 1. The minimum Gasteiger partial charge on any atom is -0.768 e. The summed E-state index contributed by atoms with van der Waals surface area (Å²) in [5.41, 5.74) is 0. The fourth-order valence-corrected chi connectivity index (χ4v) is 0.911. The van der Waals surface area contributed by atoms with Gasteiger partial charge in [-0.15, -0.1) is 0 Å². The first kappa shape index (κ1) is 13.3. The van der Waals surface area contributed by atoms with Crippen LogP contribution in [0.4, 0.5) is 0 Å². The Morgan fingerprint density at radius 2 is 1.43 bits per heavy atom. The Bertz CT molecular complexity index is 274. The van der Waals surface area contributed by atoms with Crippen LogP contribution in [0.5, 0.6) is 0 Å². The molecular weight excluding hydrogens is 198 g/mol. The number of quaternary nitrogens is 1. The SMILES string of the molecule is C[N+](C)(C)C.O=S([O-])c1ccccc1. The molecule has 0 saturated carbocycles. The summed E-state index contributed by atoms with van der Waals surface area (Å²) in [4.78, 5) is 0.331. The predicted octanol–water partition coefficient (Wildman–Crippen LogP) is 1.25. The van der Waals surface area contributed by atoms with Gasteiger partial charge in [-0.2, -0.15) is 0 Å². The van der Waals surface area contributed by atoms with Crippen LogP contribution in [0.15, 0.2) is 35.2 Å². The zero-order valence-corrected chi connectivity index (χ0v) is 9.88. The third-order valence-electron chi connectivity index (χ3n) is 0.936. The van der Waals surface area contributed by atoms with Crippen molar-refractivity contribution >= 4 is 11.1 Å². The normalized spacial score (nSPS) is 12.6. The maximum absolute atomic E-state index is 10.2. The third-order valence-corrected chi connectivity index (χ3v) is 1.59. The molecule has 0 bridgehead atoms. The van der Waals surface area contributed by atoms with E-state index in [0.717, 1.165) is 4.48 Å². The smallest absolute Gasteiger partial charge is 0.0675 e. The standard InChI is InChI=1S/C6H6O2S.C4H12N/c7-9(8)6-4-2-1-3-5-6;1-5(2,3)4/h1-5H,(H,7,8);1-4H3/q;+1/p-1. The first-order chi connectivity index (χ1) is 6.30. The van der Waals surface area contributed by atoms with Gasteiger partial charge in [0.2, 0.25) is 0 Å². The third kappa shape index (κ3) is 9.38. The van der Waals surface area contributed by atoms with Crippen molar-refractivity contribution in [3.05, 3.63) is 30.3 Å². The van der Waals surface area contributed by atoms with Gasteiger partial charge < -0.3 is 9.04 Å². The molecule has 0 amide bonds. The van der Waals surface area contributed by atoms with Crippen LogP contribution in [-0.2, 0) is 11.1 Å². The molecule has 0 radical (unpaired) electrons. The van der Waals surface area contributed by atoms with E-state index in [0.29, 0.717) is 4.90 Å². The van der Waals surface area contributed by atoms with Crippen LogP contribution >= 0.6 is 0 Å². The molecule has 0 heterocycles. The number of rotatable bonds is 1. The second kappa shape index (κ2) is 5.90. The Labute approximate surface area is 88.2 Å². The fraction of sp³-hybridized carbons (Fsp3) is 0.400. The Balaban J connectivity index is 0.000000292. The highest BCUT2D eigenvalue weighted by Gasteiger charge is 1.88. The van der Waals surface area contributed by atoms with Crippen LogP contribution in [-0.4, -0.2) is 41.4 Å². The molecule has 1 aromatic carbocycles. The summed E-state index contributed by atoms with van der Waals surface area (Å²) >= 11 is -2.08. The maximum Gasteiger partial charge on any atom is 0.0675 e. The van der Waals surface area contributed by atoms with Crippen molar-refractivity contribution in [1.82, 2.24) is 0 Å². The lowest BCUT2D eigenvalue weighted by molar-refractivity contribution is -0.849. The monoisotopic (exact) mass is 215 g/mol. The maximum atomic E-state index is 10.2. The molecule has 1 aromatic rings. The van der Waals surface area contributed by atoms with Gasteiger partial charge in [0.05, 0.1) is 28.2 Å². The molecule has 0 aliphatic rings. The minimum absolute atomic E-state index is 0.331. The molecule has 4 heteroatoms. The molecule has 14 heavy (non-hydrogen) atoms. The summed E-state index contributed by atoms with van der Waals surface area (Å²) in [6.07, 6.45) is 0. The number of nitrogens with zero attached hydrogens (tertiary/aromatic N) is 1. The Morgan fingerprint density at radius 1 is 1.07 bits per heavy atom. The summed E-state index contributed by atoms with van der Waals surface area (Å²) in [5, 5.41) is 0. The van der Waals surface area contributed by atoms with E-state index in [1.165, 1.54) is 0 Å². The molecule has 0 aromatic heterocycles. The van der Waals surface area contributed by atoms with E-state index < -0.39 is 11.1 Å². The second-order valence-corrected chi connectivity index (χ2v) is 5.17. The van der Waals surface area contributed by atoms with Crippen molar-refractivity contribution in [2.45, 2.75) is 4.90 Å². The second-order valence-electron chi connectivity index (χ2n) is 4.23. The van der Waals surface area contributed by atoms with E-state index >= 15 is 0 Å². The molecule has 1 rings (SSSR count). The van der Waals surface area contributed by atoms with E-state index in [-0.39, 0.29) is 0 Å². The molecule has 1 unspecified atom stereocenters. The summed E-state index contributed by atoms with van der Waals surface area (Å²) in [7, 11) is 8.50. The van der Waals surface area contributed by atoms with E-state index in [9.17, 15) is 8.76 Å². The van der Waals surface area contributed by atoms with Gasteiger partial charge in [-0.1, -0.05) is 18.2 Å². The van der Waals surface area contributed by atoms with Crippen molar-refractivity contribution < 1.29 is 13.2 Å². The van der Waals surface area contributed by atoms with Gasteiger partial charge in [-0.05, 0) is 23.2 Å². The van der Waals surface area contributed by atoms with E-state index in [1.807, 2.05) is 0 Å². The lowest BCUT2D eigenvalue weighted by atomic mass is 10.4. The van der Waals surface area contributed by atoms with Crippen LogP contribution in [0, 0.1) is 0 Å². The highest BCUT2D eigenvalue weighted by molar-refractivity contribution is 7.79. The summed E-state index contributed by atoms with van der Waals surface area (Å²) in [5.74, 6) is 0. The molecule has 0 fully saturated rings. The zero-order chi connectivity index (χ0) is 11.2. The van der Waals surface area contributed by atoms with E-state index in [4.69, 9.17) is 0 Å². The van der Waals surface area contributed by atoms with Crippen molar-refractivity contribution in [1.29, 1.82) is 0 Å². The molecule has 1 atom stereocenters. The number of hydrogen-bond acceptors (Lipinski definition) is 2. The first-order valence-electron chi connectivity index (χ1n) is 4.24. The van der Waals surface area contributed by atoms with Gasteiger partial charge in [0.1, 0.15) is 0 Å². The van der Waals surface area contributed by atoms with E-state index in [1.54, 1.807) is 30.3 Å². The highest BCUT2D eigenvalue weighted by atomic mass is 32.2. The molecule has 0 spiro atoms. The average molecular weight is 215 g/mol. The lowest BCUT2D eigenvalue weighted by Crippen LogP contribution is -2.27. The van der Waals surface area contributed by atoms with Gasteiger partial charge in [0.15, 0.2) is 0 Å². The Morgan fingerprint density at radius 3 is 1.64 bits per heavy atom. The van der Waals surface area contributed by atoms with Gasteiger partial charge in [-0.3, -0.25) is 4.21 Å². The van der Waals surface area contributed by atoms with Crippen LogP contribution < -0.4 is 0 Å². The molecule has 0 aliphatic carbocycles. The summed E-state index contributed by atoms with van der Waals surface area (Å²) in [6, 6.07) is 8.23. The van der Waals surface area contributed by atoms with Crippen molar-refractivity contribution in [3.8, 4) is 0 Å². The van der Waals surface area contributed by atoms with Gasteiger partial charge in [0, 0.05) is 4.90 Å². The molecule has 0 saturated heterocycles. The summed E-state index contributed by atoms with van der Waals surface area (Å²) < 4.78 is 21.4. The van der Waals surface area contributed by atoms with Crippen LogP contribution in [0.25, 0.3) is 0 Å². The predicted molar refractivity (Wildman–Crippen MR) is 57.6 cm³/mol. The van der Waals surface area contributed by atoms with Crippen molar-refractivity contribution in [2.75, 3.05) is 28.2 Å². The lowest BCUT2D eigenvalue weighted by Gasteiger charge is -2.14. The van der Waals surface area contributed by atoms with Crippen LogP contribution in [0.1, 0.15) is 0 Å². The molecule has 0 N–H and O–H groups in total. The quantitative estimate of drug-likeness (QED) is 0.522. The Hall–Kier alpha value is -0.710.